The molecule has 1 unspecified atom stereocenters. The van der Waals surface area contributed by atoms with Gasteiger partial charge in [0.25, 0.3) is 0 Å². The maximum absolute atomic E-state index is 6.04. The maximum atomic E-state index is 6.04. The Balaban J connectivity index is 2.02. The monoisotopic (exact) mass is 252 g/mol. The van der Waals surface area contributed by atoms with E-state index in [-0.39, 0.29) is 0 Å². The molecule has 1 aliphatic heterocycles. The summed E-state index contributed by atoms with van der Waals surface area (Å²) in [5.74, 6) is 0. The predicted octanol–water partition coefficient (Wildman–Crippen LogP) is 3.31. The van der Waals surface area contributed by atoms with E-state index in [2.05, 4.69) is 36.2 Å². The van der Waals surface area contributed by atoms with Crippen molar-refractivity contribution in [1.29, 1.82) is 0 Å². The van der Waals surface area contributed by atoms with Crippen molar-refractivity contribution in [2.45, 2.75) is 38.8 Å². The summed E-state index contributed by atoms with van der Waals surface area (Å²) >= 11 is 6.04. The first kappa shape index (κ1) is 12.7. The van der Waals surface area contributed by atoms with Gasteiger partial charge in [-0.1, -0.05) is 31.5 Å². The first-order chi connectivity index (χ1) is 8.15. The van der Waals surface area contributed by atoms with E-state index < -0.39 is 0 Å². The third kappa shape index (κ3) is 3.62. The van der Waals surface area contributed by atoms with E-state index >= 15 is 0 Å². The normalized spacial score (nSPS) is 20.9. The Kier molecular flexibility index (Phi) is 4.30. The Bertz CT molecular complexity index is 365. The van der Waals surface area contributed by atoms with E-state index in [1.54, 1.807) is 0 Å². The summed E-state index contributed by atoms with van der Waals surface area (Å²) in [5, 5.41) is 4.44. The van der Waals surface area contributed by atoms with Crippen LogP contribution < -0.4 is 10.2 Å². The van der Waals surface area contributed by atoms with Crippen LogP contribution in [0.15, 0.2) is 24.3 Å². The lowest BCUT2D eigenvalue weighted by Gasteiger charge is -2.35. The minimum absolute atomic E-state index is 0.555. The number of benzene rings is 1. The van der Waals surface area contributed by atoms with Crippen molar-refractivity contribution in [1.82, 2.24) is 5.32 Å². The van der Waals surface area contributed by atoms with Crippen LogP contribution in [0.4, 0.5) is 5.69 Å². The van der Waals surface area contributed by atoms with Gasteiger partial charge >= 0.3 is 0 Å². The Morgan fingerprint density at radius 1 is 1.41 bits per heavy atom. The first-order valence-corrected chi connectivity index (χ1v) is 6.79. The van der Waals surface area contributed by atoms with Crippen LogP contribution in [0, 0.1) is 0 Å². The van der Waals surface area contributed by atoms with Crippen molar-refractivity contribution in [2.75, 3.05) is 18.0 Å². The van der Waals surface area contributed by atoms with Gasteiger partial charge in [0.05, 0.1) is 0 Å². The molecule has 0 radical (unpaired) electrons. The molecule has 17 heavy (non-hydrogen) atoms. The molecule has 0 aliphatic carbocycles. The topological polar surface area (TPSA) is 15.3 Å². The van der Waals surface area contributed by atoms with E-state index in [0.29, 0.717) is 12.1 Å². The van der Waals surface area contributed by atoms with Gasteiger partial charge < -0.3 is 10.2 Å². The lowest BCUT2D eigenvalue weighted by molar-refractivity contribution is 0.395. The highest BCUT2D eigenvalue weighted by Gasteiger charge is 2.20. The van der Waals surface area contributed by atoms with Crippen LogP contribution in [0.5, 0.6) is 0 Å². The minimum atomic E-state index is 0.555. The van der Waals surface area contributed by atoms with Crippen LogP contribution in [0.1, 0.15) is 26.7 Å². The first-order valence-electron chi connectivity index (χ1n) is 6.41. The highest BCUT2D eigenvalue weighted by atomic mass is 35.5. The molecular weight excluding hydrogens is 232 g/mol. The average molecular weight is 253 g/mol. The lowest BCUT2D eigenvalue weighted by atomic mass is 10.0. The molecule has 1 aromatic rings. The van der Waals surface area contributed by atoms with Gasteiger partial charge in [0.1, 0.15) is 0 Å². The van der Waals surface area contributed by atoms with E-state index in [4.69, 9.17) is 11.6 Å². The summed E-state index contributed by atoms with van der Waals surface area (Å²) < 4.78 is 0. The van der Waals surface area contributed by atoms with Crippen LogP contribution in [0.25, 0.3) is 0 Å². The Morgan fingerprint density at radius 3 is 2.94 bits per heavy atom. The van der Waals surface area contributed by atoms with Gasteiger partial charge in [0.2, 0.25) is 0 Å². The van der Waals surface area contributed by atoms with Crippen molar-refractivity contribution in [3.63, 3.8) is 0 Å². The van der Waals surface area contributed by atoms with Crippen molar-refractivity contribution in [3.05, 3.63) is 29.3 Å². The molecular formula is C14H21ClN2. The maximum Gasteiger partial charge on any atom is 0.0426 e. The summed E-state index contributed by atoms with van der Waals surface area (Å²) in [6.07, 6.45) is 2.52. The van der Waals surface area contributed by atoms with Crippen LogP contribution in [-0.4, -0.2) is 25.2 Å². The molecule has 94 valence electrons. The van der Waals surface area contributed by atoms with Crippen molar-refractivity contribution in [2.24, 2.45) is 0 Å². The van der Waals surface area contributed by atoms with Crippen molar-refractivity contribution < 1.29 is 0 Å². The van der Waals surface area contributed by atoms with E-state index in [1.807, 2.05) is 12.1 Å². The fraction of sp³-hybridized carbons (Fsp3) is 0.571. The molecule has 0 spiro atoms. The second-order valence-electron chi connectivity index (χ2n) is 5.09. The van der Waals surface area contributed by atoms with E-state index in [1.165, 1.54) is 18.5 Å². The van der Waals surface area contributed by atoms with Gasteiger partial charge in [-0.3, -0.25) is 0 Å². The Hall–Kier alpha value is -0.730. The SMILES string of the molecule is CC(C)NC1CCCN(c2cccc(Cl)c2)C1. The molecule has 0 saturated carbocycles. The fourth-order valence-corrected chi connectivity index (χ4v) is 2.68. The molecule has 1 heterocycles. The second kappa shape index (κ2) is 5.74. The summed E-state index contributed by atoms with van der Waals surface area (Å²) in [6.45, 7) is 6.63. The molecule has 2 rings (SSSR count). The van der Waals surface area contributed by atoms with Crippen molar-refractivity contribution >= 4 is 17.3 Å². The van der Waals surface area contributed by atoms with Crippen LogP contribution >= 0.6 is 11.6 Å². The third-order valence-electron chi connectivity index (χ3n) is 3.16. The Morgan fingerprint density at radius 2 is 2.24 bits per heavy atom. The minimum Gasteiger partial charge on any atom is -0.370 e. The third-order valence-corrected chi connectivity index (χ3v) is 3.40. The highest BCUT2D eigenvalue weighted by molar-refractivity contribution is 6.30. The van der Waals surface area contributed by atoms with Crippen LogP contribution in [-0.2, 0) is 0 Å². The molecule has 2 nitrogen and oxygen atoms in total. The fourth-order valence-electron chi connectivity index (χ4n) is 2.49. The molecule has 1 N–H and O–H groups in total. The zero-order valence-electron chi connectivity index (χ0n) is 10.6. The van der Waals surface area contributed by atoms with Gasteiger partial charge in [-0.15, -0.1) is 0 Å². The van der Waals surface area contributed by atoms with Crippen LogP contribution in [0.2, 0.25) is 5.02 Å². The molecule has 0 amide bonds. The average Bonchev–Trinajstić information content (AvgIpc) is 2.28. The molecule has 1 saturated heterocycles. The number of halogens is 1. The van der Waals surface area contributed by atoms with E-state index in [0.717, 1.165) is 18.1 Å². The van der Waals surface area contributed by atoms with Gasteiger partial charge in [0, 0.05) is 35.9 Å². The quantitative estimate of drug-likeness (QED) is 0.888. The summed E-state index contributed by atoms with van der Waals surface area (Å²) in [5.41, 5.74) is 1.24. The summed E-state index contributed by atoms with van der Waals surface area (Å²) in [4.78, 5) is 2.43. The number of nitrogens with zero attached hydrogens (tertiary/aromatic N) is 1. The largest absolute Gasteiger partial charge is 0.370 e. The lowest BCUT2D eigenvalue weighted by Crippen LogP contribution is -2.47. The summed E-state index contributed by atoms with van der Waals surface area (Å²) in [7, 11) is 0. The smallest absolute Gasteiger partial charge is 0.0426 e. The molecule has 1 aliphatic rings. The van der Waals surface area contributed by atoms with Gasteiger partial charge in [-0.2, -0.15) is 0 Å². The number of piperidine rings is 1. The molecule has 1 fully saturated rings. The number of hydrogen-bond acceptors (Lipinski definition) is 2. The molecule has 0 bridgehead atoms. The number of nitrogens with one attached hydrogen (secondary N) is 1. The van der Waals surface area contributed by atoms with Gasteiger partial charge in [-0.05, 0) is 31.0 Å². The molecule has 3 heteroatoms. The predicted molar refractivity (Wildman–Crippen MR) is 75.0 cm³/mol. The number of hydrogen-bond donors (Lipinski definition) is 1. The second-order valence-corrected chi connectivity index (χ2v) is 5.52. The zero-order valence-corrected chi connectivity index (χ0v) is 11.4. The van der Waals surface area contributed by atoms with Crippen LogP contribution in [0.3, 0.4) is 0 Å². The number of rotatable bonds is 3. The van der Waals surface area contributed by atoms with Gasteiger partial charge in [0.15, 0.2) is 0 Å². The molecule has 1 aromatic carbocycles. The standard InChI is InChI=1S/C14H21ClN2/c1-11(2)16-13-6-4-8-17(10-13)14-7-3-5-12(15)9-14/h3,5,7,9,11,13,16H,4,6,8,10H2,1-2H3. The highest BCUT2D eigenvalue weighted by Crippen LogP contribution is 2.23. The summed E-state index contributed by atoms with van der Waals surface area (Å²) in [6, 6.07) is 9.31. The van der Waals surface area contributed by atoms with E-state index in [9.17, 15) is 0 Å². The zero-order chi connectivity index (χ0) is 12.3. The van der Waals surface area contributed by atoms with Crippen molar-refractivity contribution in [3.8, 4) is 0 Å². The molecule has 0 aromatic heterocycles. The Labute approximate surface area is 109 Å². The van der Waals surface area contributed by atoms with Gasteiger partial charge in [-0.25, -0.2) is 0 Å². The molecule has 1 atom stereocenters. The number of anilines is 1.